The second-order valence-corrected chi connectivity index (χ2v) is 5.93. The summed E-state index contributed by atoms with van der Waals surface area (Å²) in [4.78, 5) is 0. The summed E-state index contributed by atoms with van der Waals surface area (Å²) in [5.41, 5.74) is 1.43. The zero-order valence-corrected chi connectivity index (χ0v) is 12.1. The fraction of sp³-hybridized carbons (Fsp3) is 0.500. The van der Waals surface area contributed by atoms with Crippen LogP contribution in [-0.2, 0) is 6.54 Å². The van der Waals surface area contributed by atoms with Gasteiger partial charge in [-0.25, -0.2) is 0 Å². The molecule has 3 heteroatoms. The highest BCUT2D eigenvalue weighted by Crippen LogP contribution is 2.12. The van der Waals surface area contributed by atoms with Crippen molar-refractivity contribution in [2.24, 2.45) is 0 Å². The minimum absolute atomic E-state index is 0.116. The van der Waals surface area contributed by atoms with E-state index in [0.717, 1.165) is 13.0 Å². The molecule has 0 amide bonds. The summed E-state index contributed by atoms with van der Waals surface area (Å²) in [7, 11) is 0. The van der Waals surface area contributed by atoms with E-state index in [1.165, 1.54) is 9.13 Å². The van der Waals surface area contributed by atoms with Crippen molar-refractivity contribution in [2.45, 2.75) is 32.4 Å². The zero-order chi connectivity index (χ0) is 11.3. The van der Waals surface area contributed by atoms with Gasteiger partial charge in [0.15, 0.2) is 0 Å². The summed E-state index contributed by atoms with van der Waals surface area (Å²) in [6.07, 6.45) is 0.985. The molecule has 0 bridgehead atoms. The van der Waals surface area contributed by atoms with Gasteiger partial charge in [0.25, 0.3) is 0 Å². The Bertz CT molecular complexity index is 295. The first-order chi connectivity index (χ1) is 7.03. The molecule has 0 aliphatic rings. The van der Waals surface area contributed by atoms with E-state index in [0.29, 0.717) is 5.88 Å². The van der Waals surface area contributed by atoms with Gasteiger partial charge in [-0.2, -0.15) is 0 Å². The zero-order valence-electron chi connectivity index (χ0n) is 9.19. The van der Waals surface area contributed by atoms with Crippen molar-refractivity contribution >= 4 is 34.2 Å². The molecule has 1 aromatic carbocycles. The maximum Gasteiger partial charge on any atom is 0.0240 e. The molecule has 0 aromatic heterocycles. The molecule has 1 N–H and O–H groups in total. The van der Waals surface area contributed by atoms with Crippen LogP contribution in [0, 0.1) is 3.57 Å². The molecule has 0 unspecified atom stereocenters. The number of hydrogen-bond acceptors (Lipinski definition) is 1. The van der Waals surface area contributed by atoms with E-state index in [1.807, 2.05) is 0 Å². The van der Waals surface area contributed by atoms with E-state index in [4.69, 9.17) is 11.6 Å². The van der Waals surface area contributed by atoms with E-state index in [1.54, 1.807) is 0 Å². The topological polar surface area (TPSA) is 12.0 Å². The lowest BCUT2D eigenvalue weighted by Gasteiger charge is -2.25. The second-order valence-electron chi connectivity index (χ2n) is 4.30. The van der Waals surface area contributed by atoms with Crippen molar-refractivity contribution in [2.75, 3.05) is 5.88 Å². The molecule has 0 saturated carbocycles. The van der Waals surface area contributed by atoms with Crippen LogP contribution in [0.1, 0.15) is 25.8 Å². The molecule has 0 heterocycles. The van der Waals surface area contributed by atoms with Crippen LogP contribution in [0.15, 0.2) is 24.3 Å². The predicted octanol–water partition coefficient (Wildman–Crippen LogP) is 3.79. The molecule has 0 aliphatic heterocycles. The summed E-state index contributed by atoms with van der Waals surface area (Å²) in [5.74, 6) is 0.701. The van der Waals surface area contributed by atoms with Gasteiger partial charge < -0.3 is 5.32 Å². The quantitative estimate of drug-likeness (QED) is 0.637. The molecule has 1 rings (SSSR count). The highest BCUT2D eigenvalue weighted by atomic mass is 127. The van der Waals surface area contributed by atoms with Gasteiger partial charge in [0.1, 0.15) is 0 Å². The summed E-state index contributed by atoms with van der Waals surface area (Å²) >= 11 is 8.06. The van der Waals surface area contributed by atoms with Gasteiger partial charge in [-0.15, -0.1) is 11.6 Å². The molecule has 0 spiro atoms. The fourth-order valence-corrected chi connectivity index (χ4v) is 2.10. The Hall–Kier alpha value is 0.200. The van der Waals surface area contributed by atoms with Crippen molar-refractivity contribution < 1.29 is 0 Å². The van der Waals surface area contributed by atoms with Crippen LogP contribution in [-0.4, -0.2) is 11.4 Å². The van der Waals surface area contributed by atoms with Crippen LogP contribution >= 0.6 is 34.2 Å². The third kappa shape index (κ3) is 5.18. The first-order valence-electron chi connectivity index (χ1n) is 5.09. The maximum atomic E-state index is 5.75. The van der Waals surface area contributed by atoms with Crippen molar-refractivity contribution in [3.05, 3.63) is 33.4 Å². The average molecular weight is 338 g/mol. The monoisotopic (exact) mass is 337 g/mol. The number of hydrogen-bond donors (Lipinski definition) is 1. The number of nitrogens with one attached hydrogen (secondary N) is 1. The Balaban J connectivity index is 2.46. The first-order valence-corrected chi connectivity index (χ1v) is 6.70. The van der Waals surface area contributed by atoms with E-state index in [-0.39, 0.29) is 5.54 Å². The number of benzene rings is 1. The van der Waals surface area contributed by atoms with Crippen molar-refractivity contribution in [1.29, 1.82) is 0 Å². The summed E-state index contributed by atoms with van der Waals surface area (Å²) in [5, 5.41) is 3.51. The van der Waals surface area contributed by atoms with Crippen LogP contribution in [0.3, 0.4) is 0 Å². The van der Waals surface area contributed by atoms with Crippen LogP contribution in [0.4, 0.5) is 0 Å². The molecule has 0 aliphatic carbocycles. The second kappa shape index (κ2) is 6.06. The SMILES string of the molecule is CC(C)(CCCl)NCc1ccc(I)cc1. The highest BCUT2D eigenvalue weighted by Gasteiger charge is 2.15. The lowest BCUT2D eigenvalue weighted by atomic mass is 10.0. The van der Waals surface area contributed by atoms with Crippen LogP contribution < -0.4 is 5.32 Å². The minimum Gasteiger partial charge on any atom is -0.308 e. The summed E-state index contributed by atoms with van der Waals surface area (Å²) in [6, 6.07) is 8.58. The Kier molecular flexibility index (Phi) is 5.36. The van der Waals surface area contributed by atoms with Gasteiger partial charge >= 0.3 is 0 Å². The van der Waals surface area contributed by atoms with Crippen molar-refractivity contribution in [1.82, 2.24) is 5.32 Å². The fourth-order valence-electron chi connectivity index (χ4n) is 1.27. The average Bonchev–Trinajstić information content (AvgIpc) is 2.17. The normalized spacial score (nSPS) is 11.7. The van der Waals surface area contributed by atoms with Gasteiger partial charge in [0.2, 0.25) is 0 Å². The third-order valence-corrected chi connectivity index (χ3v) is 3.31. The van der Waals surface area contributed by atoms with Crippen LogP contribution in [0.5, 0.6) is 0 Å². The Labute approximate surface area is 111 Å². The Morgan fingerprint density at radius 1 is 1.27 bits per heavy atom. The van der Waals surface area contributed by atoms with Crippen LogP contribution in [0.25, 0.3) is 0 Å². The molecule has 0 atom stereocenters. The van der Waals surface area contributed by atoms with Crippen molar-refractivity contribution in [3.63, 3.8) is 0 Å². The molecular formula is C12H17ClIN. The van der Waals surface area contributed by atoms with E-state index in [9.17, 15) is 0 Å². The first kappa shape index (κ1) is 13.3. The predicted molar refractivity (Wildman–Crippen MR) is 75.4 cm³/mol. The minimum atomic E-state index is 0.116. The van der Waals surface area contributed by atoms with Gasteiger partial charge in [0.05, 0.1) is 0 Å². The number of rotatable bonds is 5. The van der Waals surface area contributed by atoms with Gasteiger partial charge in [0, 0.05) is 21.5 Å². The molecule has 1 nitrogen and oxygen atoms in total. The smallest absolute Gasteiger partial charge is 0.0240 e. The lowest BCUT2D eigenvalue weighted by Crippen LogP contribution is -2.39. The lowest BCUT2D eigenvalue weighted by molar-refractivity contribution is 0.376. The Morgan fingerprint density at radius 2 is 1.87 bits per heavy atom. The van der Waals surface area contributed by atoms with Gasteiger partial charge in [-0.05, 0) is 60.6 Å². The molecule has 0 fully saturated rings. The van der Waals surface area contributed by atoms with Crippen molar-refractivity contribution in [3.8, 4) is 0 Å². The Morgan fingerprint density at radius 3 is 2.40 bits per heavy atom. The molecular weight excluding hydrogens is 320 g/mol. The summed E-state index contributed by atoms with van der Waals surface area (Å²) < 4.78 is 1.27. The maximum absolute atomic E-state index is 5.75. The molecule has 84 valence electrons. The van der Waals surface area contributed by atoms with E-state index in [2.05, 4.69) is 66.0 Å². The molecule has 0 saturated heterocycles. The third-order valence-electron chi connectivity index (χ3n) is 2.40. The highest BCUT2D eigenvalue weighted by molar-refractivity contribution is 14.1. The number of alkyl halides is 1. The molecule has 1 aromatic rings. The van der Waals surface area contributed by atoms with E-state index < -0.39 is 0 Å². The largest absolute Gasteiger partial charge is 0.308 e. The van der Waals surface area contributed by atoms with Gasteiger partial charge in [-0.1, -0.05) is 12.1 Å². The van der Waals surface area contributed by atoms with Gasteiger partial charge in [-0.3, -0.25) is 0 Å². The number of halogens is 2. The molecule has 15 heavy (non-hydrogen) atoms. The van der Waals surface area contributed by atoms with E-state index >= 15 is 0 Å². The summed E-state index contributed by atoms with van der Waals surface area (Å²) in [6.45, 7) is 5.27. The molecule has 0 radical (unpaired) electrons. The standard InChI is InChI=1S/C12H17ClIN/c1-12(2,7-8-13)15-9-10-3-5-11(14)6-4-10/h3-6,15H,7-9H2,1-2H3. The van der Waals surface area contributed by atoms with Crippen LogP contribution in [0.2, 0.25) is 0 Å².